The molecule has 0 saturated carbocycles. The summed E-state index contributed by atoms with van der Waals surface area (Å²) in [4.78, 5) is 0.923. The van der Waals surface area contributed by atoms with Gasteiger partial charge in [0.05, 0.1) is 5.69 Å². The molecule has 6 heteroatoms. The van der Waals surface area contributed by atoms with Crippen molar-refractivity contribution in [3.63, 3.8) is 0 Å². The Kier molecular flexibility index (Phi) is 3.82. The summed E-state index contributed by atoms with van der Waals surface area (Å²) >= 11 is 1.20. The van der Waals surface area contributed by atoms with Gasteiger partial charge in [-0.3, -0.25) is 4.72 Å². The van der Waals surface area contributed by atoms with Gasteiger partial charge in [0.1, 0.15) is 9.96 Å². The third-order valence-corrected chi connectivity index (χ3v) is 5.55. The lowest BCUT2D eigenvalue weighted by Crippen LogP contribution is -2.11. The molecule has 1 heterocycles. The van der Waals surface area contributed by atoms with Crippen LogP contribution in [0.15, 0.2) is 34.5 Å². The number of benzene rings is 1. The smallest absolute Gasteiger partial charge is 0.271 e. The zero-order valence-electron chi connectivity index (χ0n) is 10.7. The molecular formula is C13H15NO3S2. The zero-order chi connectivity index (χ0) is 14.0. The predicted octanol–water partition coefficient (Wildman–Crippen LogP) is 3.13. The highest BCUT2D eigenvalue weighted by Gasteiger charge is 2.18. The standard InChI is InChI=1S/C13H15NO3S2/c1-3-10-5-6-12(15)11(8-10)14-19(16,17)13-7-4-9(2)18-13/h4-8,14-15H,3H2,1-2H3. The number of sulfonamides is 1. The van der Waals surface area contributed by atoms with E-state index in [1.54, 1.807) is 24.3 Å². The molecule has 0 fully saturated rings. The van der Waals surface area contributed by atoms with Crippen molar-refractivity contribution in [2.24, 2.45) is 0 Å². The van der Waals surface area contributed by atoms with Gasteiger partial charge >= 0.3 is 0 Å². The molecule has 1 aromatic heterocycles. The Hall–Kier alpha value is -1.53. The van der Waals surface area contributed by atoms with Crippen LogP contribution in [0.4, 0.5) is 5.69 Å². The van der Waals surface area contributed by atoms with Crippen molar-refractivity contribution < 1.29 is 13.5 Å². The van der Waals surface area contributed by atoms with Crippen molar-refractivity contribution in [3.05, 3.63) is 40.8 Å². The number of anilines is 1. The molecule has 102 valence electrons. The lowest BCUT2D eigenvalue weighted by atomic mass is 10.1. The van der Waals surface area contributed by atoms with E-state index in [1.165, 1.54) is 17.4 Å². The summed E-state index contributed by atoms with van der Waals surface area (Å²) in [5.41, 5.74) is 1.17. The Balaban J connectivity index is 2.35. The molecule has 0 saturated heterocycles. The number of phenols is 1. The fraction of sp³-hybridized carbons (Fsp3) is 0.231. The van der Waals surface area contributed by atoms with Crippen LogP contribution < -0.4 is 4.72 Å². The first-order chi connectivity index (χ1) is 8.92. The van der Waals surface area contributed by atoms with Crippen molar-refractivity contribution in [3.8, 4) is 5.75 Å². The number of nitrogens with one attached hydrogen (secondary N) is 1. The van der Waals surface area contributed by atoms with E-state index in [0.29, 0.717) is 0 Å². The average Bonchev–Trinajstić information content (AvgIpc) is 2.79. The van der Waals surface area contributed by atoms with Gasteiger partial charge in [0.2, 0.25) is 0 Å². The van der Waals surface area contributed by atoms with Gasteiger partial charge in [-0.2, -0.15) is 0 Å². The third kappa shape index (κ3) is 3.08. The van der Waals surface area contributed by atoms with E-state index in [0.717, 1.165) is 16.9 Å². The van der Waals surface area contributed by atoms with Crippen LogP contribution in [0.3, 0.4) is 0 Å². The van der Waals surface area contributed by atoms with Gasteiger partial charge in [-0.05, 0) is 43.2 Å². The molecular weight excluding hydrogens is 282 g/mol. The number of hydrogen-bond acceptors (Lipinski definition) is 4. The first-order valence-electron chi connectivity index (χ1n) is 5.83. The Bertz CT molecular complexity index is 690. The maximum Gasteiger partial charge on any atom is 0.271 e. The van der Waals surface area contributed by atoms with Crippen molar-refractivity contribution in [1.82, 2.24) is 0 Å². The fourth-order valence-corrected chi connectivity index (χ4v) is 3.98. The molecule has 2 aromatic rings. The van der Waals surface area contributed by atoms with Gasteiger partial charge in [0.15, 0.2) is 0 Å². The van der Waals surface area contributed by atoms with Gasteiger partial charge in [-0.1, -0.05) is 13.0 Å². The molecule has 0 aliphatic heterocycles. The second-order valence-corrected chi connectivity index (χ2v) is 7.37. The number of hydrogen-bond donors (Lipinski definition) is 2. The molecule has 0 unspecified atom stereocenters. The van der Waals surface area contributed by atoms with Crippen LogP contribution in [-0.2, 0) is 16.4 Å². The highest BCUT2D eigenvalue weighted by atomic mass is 32.2. The second kappa shape index (κ2) is 5.22. The highest BCUT2D eigenvalue weighted by Crippen LogP contribution is 2.29. The first kappa shape index (κ1) is 13.9. The molecule has 2 rings (SSSR count). The molecule has 0 amide bonds. The lowest BCUT2D eigenvalue weighted by molar-refractivity contribution is 0.477. The molecule has 1 aromatic carbocycles. The van der Waals surface area contributed by atoms with Crippen LogP contribution in [0.5, 0.6) is 5.75 Å². The van der Waals surface area contributed by atoms with Crippen LogP contribution in [-0.4, -0.2) is 13.5 Å². The number of phenolic OH excluding ortho intramolecular Hbond substituents is 1. The molecule has 4 nitrogen and oxygen atoms in total. The Morgan fingerprint density at radius 1 is 1.26 bits per heavy atom. The number of aromatic hydroxyl groups is 1. The minimum atomic E-state index is -3.63. The van der Waals surface area contributed by atoms with Gasteiger partial charge < -0.3 is 5.11 Å². The second-order valence-electron chi connectivity index (χ2n) is 4.18. The highest BCUT2D eigenvalue weighted by molar-refractivity contribution is 7.94. The minimum absolute atomic E-state index is 0.0750. The minimum Gasteiger partial charge on any atom is -0.506 e. The molecule has 19 heavy (non-hydrogen) atoms. The molecule has 2 N–H and O–H groups in total. The summed E-state index contributed by atoms with van der Waals surface area (Å²) < 4.78 is 27.0. The van der Waals surface area contributed by atoms with E-state index in [1.807, 2.05) is 13.8 Å². The van der Waals surface area contributed by atoms with E-state index >= 15 is 0 Å². The molecule has 0 aliphatic rings. The molecule has 0 spiro atoms. The Labute approximate surface area is 116 Å². The normalized spacial score (nSPS) is 11.5. The van der Waals surface area contributed by atoms with Crippen molar-refractivity contribution in [1.29, 1.82) is 0 Å². The van der Waals surface area contributed by atoms with Crippen LogP contribution in [0, 0.1) is 6.92 Å². The van der Waals surface area contributed by atoms with Crippen LogP contribution >= 0.6 is 11.3 Å². The summed E-state index contributed by atoms with van der Waals surface area (Å²) in [6.45, 7) is 3.81. The van der Waals surface area contributed by atoms with Crippen molar-refractivity contribution in [2.75, 3.05) is 4.72 Å². The molecule has 0 bridgehead atoms. The zero-order valence-corrected chi connectivity index (χ0v) is 12.3. The Morgan fingerprint density at radius 2 is 2.00 bits per heavy atom. The van der Waals surface area contributed by atoms with Gasteiger partial charge in [-0.25, -0.2) is 8.42 Å². The van der Waals surface area contributed by atoms with Gasteiger partial charge in [-0.15, -0.1) is 11.3 Å². The largest absolute Gasteiger partial charge is 0.506 e. The summed E-state index contributed by atoms with van der Waals surface area (Å²) in [5, 5.41) is 9.72. The van der Waals surface area contributed by atoms with Crippen molar-refractivity contribution >= 4 is 27.0 Å². The van der Waals surface area contributed by atoms with Crippen LogP contribution in [0.25, 0.3) is 0 Å². The molecule has 0 aliphatic carbocycles. The van der Waals surface area contributed by atoms with Gasteiger partial charge in [0.25, 0.3) is 10.0 Å². The van der Waals surface area contributed by atoms with Crippen LogP contribution in [0.1, 0.15) is 17.4 Å². The third-order valence-electron chi connectivity index (χ3n) is 2.69. The summed E-state index contributed by atoms with van der Waals surface area (Å²) in [7, 11) is -3.63. The van der Waals surface area contributed by atoms with E-state index < -0.39 is 10.0 Å². The monoisotopic (exact) mass is 297 g/mol. The van der Waals surface area contributed by atoms with Crippen molar-refractivity contribution in [2.45, 2.75) is 24.5 Å². The first-order valence-corrected chi connectivity index (χ1v) is 8.13. The maximum atomic E-state index is 12.2. The Morgan fingerprint density at radius 3 is 2.58 bits per heavy atom. The topological polar surface area (TPSA) is 66.4 Å². The number of thiophene rings is 1. The quantitative estimate of drug-likeness (QED) is 0.852. The summed E-state index contributed by atoms with van der Waals surface area (Å²) in [6.07, 6.45) is 0.771. The van der Waals surface area contributed by atoms with E-state index in [4.69, 9.17) is 0 Å². The SMILES string of the molecule is CCc1ccc(O)c(NS(=O)(=O)c2ccc(C)s2)c1. The van der Waals surface area contributed by atoms with E-state index in [-0.39, 0.29) is 15.6 Å². The van der Waals surface area contributed by atoms with Gasteiger partial charge in [0, 0.05) is 4.88 Å². The maximum absolute atomic E-state index is 12.2. The number of rotatable bonds is 4. The summed E-state index contributed by atoms with van der Waals surface area (Å²) in [5.74, 6) is -0.0750. The average molecular weight is 297 g/mol. The predicted molar refractivity (Wildman–Crippen MR) is 77.3 cm³/mol. The fourth-order valence-electron chi connectivity index (χ4n) is 1.64. The molecule has 0 atom stereocenters. The number of aryl methyl sites for hydroxylation is 2. The lowest BCUT2D eigenvalue weighted by Gasteiger charge is -2.09. The molecule has 0 radical (unpaired) electrons. The van der Waals surface area contributed by atoms with E-state index in [9.17, 15) is 13.5 Å². The van der Waals surface area contributed by atoms with E-state index in [2.05, 4.69) is 4.72 Å². The van der Waals surface area contributed by atoms with Crippen LogP contribution in [0.2, 0.25) is 0 Å². The summed E-state index contributed by atoms with van der Waals surface area (Å²) in [6, 6.07) is 8.22.